The van der Waals surface area contributed by atoms with E-state index in [9.17, 15) is 4.79 Å². The molecule has 2 unspecified atom stereocenters. The predicted molar refractivity (Wildman–Crippen MR) is 146 cm³/mol. The number of anilines is 1. The molecule has 2 aliphatic heterocycles. The fourth-order valence-corrected chi connectivity index (χ4v) is 5.40. The van der Waals surface area contributed by atoms with Gasteiger partial charge < -0.3 is 14.7 Å². The molecule has 0 spiro atoms. The first-order valence-corrected chi connectivity index (χ1v) is 13.7. The second kappa shape index (κ2) is 11.5. The Hall–Kier alpha value is -3.19. The highest BCUT2D eigenvalue weighted by Crippen LogP contribution is 2.26. The number of rotatable bonds is 7. The van der Waals surface area contributed by atoms with Gasteiger partial charge in [0.15, 0.2) is 0 Å². The first-order valence-electron chi connectivity index (χ1n) is 13.7. The molecule has 0 saturated carbocycles. The molecule has 2 saturated heterocycles. The summed E-state index contributed by atoms with van der Waals surface area (Å²) in [6.45, 7) is 10.9. The van der Waals surface area contributed by atoms with Crippen molar-refractivity contribution in [3.63, 3.8) is 0 Å². The van der Waals surface area contributed by atoms with Crippen LogP contribution in [0.2, 0.25) is 0 Å². The third kappa shape index (κ3) is 6.39. The summed E-state index contributed by atoms with van der Waals surface area (Å²) in [5, 5.41) is 7.41. The van der Waals surface area contributed by atoms with Crippen molar-refractivity contribution in [2.75, 3.05) is 31.1 Å². The molecule has 3 heterocycles. The van der Waals surface area contributed by atoms with Crippen LogP contribution in [-0.2, 0) is 11.3 Å². The van der Waals surface area contributed by atoms with Gasteiger partial charge in [0.2, 0.25) is 17.6 Å². The van der Waals surface area contributed by atoms with E-state index in [-0.39, 0.29) is 17.9 Å². The molecule has 1 aromatic heterocycles. The van der Waals surface area contributed by atoms with Crippen LogP contribution < -0.4 is 10.2 Å². The number of nitrogens with zero attached hydrogens (tertiary/aromatic N) is 4. The molecule has 2 fully saturated rings. The molecule has 1 N–H and O–H groups in total. The Morgan fingerprint density at radius 2 is 1.78 bits per heavy atom. The summed E-state index contributed by atoms with van der Waals surface area (Å²) >= 11 is 0. The Balaban J connectivity index is 1.13. The number of aryl methyl sites for hydroxylation is 1. The zero-order valence-corrected chi connectivity index (χ0v) is 22.3. The van der Waals surface area contributed by atoms with E-state index >= 15 is 0 Å². The van der Waals surface area contributed by atoms with E-state index in [0.29, 0.717) is 24.8 Å². The van der Waals surface area contributed by atoms with Crippen LogP contribution in [0.15, 0.2) is 53.1 Å². The molecule has 196 valence electrons. The van der Waals surface area contributed by atoms with Crippen LogP contribution >= 0.6 is 0 Å². The highest BCUT2D eigenvalue weighted by molar-refractivity contribution is 5.79. The fourth-order valence-electron chi connectivity index (χ4n) is 5.40. The van der Waals surface area contributed by atoms with Crippen molar-refractivity contribution >= 4 is 11.6 Å². The van der Waals surface area contributed by atoms with Gasteiger partial charge in [0.1, 0.15) is 0 Å². The third-order valence-electron chi connectivity index (χ3n) is 7.91. The number of carbonyl (C=O) groups excluding carboxylic acids is 1. The molecule has 7 nitrogen and oxygen atoms in total. The summed E-state index contributed by atoms with van der Waals surface area (Å²) in [5.74, 6) is 2.11. The molecule has 2 aromatic carbocycles. The molecule has 2 atom stereocenters. The van der Waals surface area contributed by atoms with Crippen molar-refractivity contribution in [3.8, 4) is 11.4 Å². The number of aromatic nitrogens is 2. The number of nitrogens with one attached hydrogen (secondary N) is 1. The Morgan fingerprint density at radius 3 is 2.51 bits per heavy atom. The van der Waals surface area contributed by atoms with Crippen LogP contribution in [-0.4, -0.2) is 47.1 Å². The lowest BCUT2D eigenvalue weighted by Gasteiger charge is -2.32. The number of hydrogen-bond acceptors (Lipinski definition) is 6. The Bertz CT molecular complexity index is 1170. The minimum atomic E-state index is -0.0368. The van der Waals surface area contributed by atoms with E-state index < -0.39 is 0 Å². The van der Waals surface area contributed by atoms with Gasteiger partial charge in [-0.05, 0) is 69.7 Å². The van der Waals surface area contributed by atoms with Crippen molar-refractivity contribution in [1.29, 1.82) is 0 Å². The maximum atomic E-state index is 13.1. The highest BCUT2D eigenvalue weighted by atomic mass is 16.5. The van der Waals surface area contributed by atoms with Crippen LogP contribution in [0.25, 0.3) is 11.4 Å². The average Bonchev–Trinajstić information content (AvgIpc) is 3.38. The lowest BCUT2D eigenvalue weighted by molar-refractivity contribution is -0.127. The molecule has 37 heavy (non-hydrogen) atoms. The van der Waals surface area contributed by atoms with Crippen molar-refractivity contribution in [3.05, 3.63) is 65.5 Å². The minimum Gasteiger partial charge on any atom is -0.372 e. The second-order valence-electron chi connectivity index (χ2n) is 10.9. The molecule has 0 bridgehead atoms. The predicted octanol–water partition coefficient (Wildman–Crippen LogP) is 5.37. The first-order chi connectivity index (χ1) is 17.9. The summed E-state index contributed by atoms with van der Waals surface area (Å²) in [6, 6.07) is 16.8. The SMILES string of the molecule is Cc1ccc(-c2noc(CN3CCCC(C(=O)NC(C)c4ccc(N5CCC(C)CC5)cc4)C3)n2)cc1. The molecule has 1 amide bonds. The van der Waals surface area contributed by atoms with Gasteiger partial charge in [0.25, 0.3) is 0 Å². The largest absolute Gasteiger partial charge is 0.372 e. The third-order valence-corrected chi connectivity index (χ3v) is 7.91. The van der Waals surface area contributed by atoms with Gasteiger partial charge in [-0.1, -0.05) is 54.0 Å². The monoisotopic (exact) mass is 501 g/mol. The Morgan fingerprint density at radius 1 is 1.05 bits per heavy atom. The average molecular weight is 502 g/mol. The van der Waals surface area contributed by atoms with E-state index in [4.69, 9.17) is 4.52 Å². The standard InChI is InChI=1S/C30H39N5O2/c1-21-6-8-25(9-7-21)29-32-28(37-33-29)20-34-16-4-5-26(19-34)30(36)31-23(3)24-10-12-27(13-11-24)35-17-14-22(2)15-18-35/h6-13,22-23,26H,4-5,14-20H2,1-3H3,(H,31,36). The quantitative estimate of drug-likeness (QED) is 0.469. The molecular weight excluding hydrogens is 462 g/mol. The lowest BCUT2D eigenvalue weighted by atomic mass is 9.96. The van der Waals surface area contributed by atoms with Gasteiger partial charge in [-0.3, -0.25) is 9.69 Å². The van der Waals surface area contributed by atoms with E-state index in [2.05, 4.69) is 70.3 Å². The Kier molecular flexibility index (Phi) is 7.89. The fraction of sp³-hybridized carbons (Fsp3) is 0.500. The van der Waals surface area contributed by atoms with E-state index in [0.717, 1.165) is 49.5 Å². The molecule has 0 radical (unpaired) electrons. The van der Waals surface area contributed by atoms with Crippen LogP contribution in [0, 0.1) is 18.8 Å². The number of amides is 1. The number of piperidine rings is 2. The summed E-state index contributed by atoms with van der Waals surface area (Å²) in [7, 11) is 0. The summed E-state index contributed by atoms with van der Waals surface area (Å²) in [4.78, 5) is 22.4. The zero-order chi connectivity index (χ0) is 25.8. The zero-order valence-electron chi connectivity index (χ0n) is 22.3. The molecule has 0 aliphatic carbocycles. The van der Waals surface area contributed by atoms with Crippen LogP contribution in [0.4, 0.5) is 5.69 Å². The van der Waals surface area contributed by atoms with Gasteiger partial charge in [-0.2, -0.15) is 4.98 Å². The van der Waals surface area contributed by atoms with Gasteiger partial charge in [0, 0.05) is 30.9 Å². The molecule has 2 aliphatic rings. The van der Waals surface area contributed by atoms with Crippen molar-refractivity contribution in [1.82, 2.24) is 20.4 Å². The summed E-state index contributed by atoms with van der Waals surface area (Å²) in [6.07, 6.45) is 4.40. The van der Waals surface area contributed by atoms with Crippen molar-refractivity contribution in [2.45, 2.75) is 59.0 Å². The number of carbonyl (C=O) groups is 1. The molecule has 3 aromatic rings. The lowest BCUT2D eigenvalue weighted by Crippen LogP contribution is -2.43. The van der Waals surface area contributed by atoms with Crippen LogP contribution in [0.1, 0.15) is 62.6 Å². The Labute approximate surface area is 220 Å². The molecule has 5 rings (SSSR count). The first kappa shape index (κ1) is 25.5. The topological polar surface area (TPSA) is 74.5 Å². The van der Waals surface area contributed by atoms with Gasteiger partial charge >= 0.3 is 0 Å². The van der Waals surface area contributed by atoms with Crippen LogP contribution in [0.5, 0.6) is 0 Å². The number of benzene rings is 2. The van der Waals surface area contributed by atoms with Crippen molar-refractivity contribution < 1.29 is 9.32 Å². The van der Waals surface area contributed by atoms with Gasteiger partial charge in [0.05, 0.1) is 18.5 Å². The van der Waals surface area contributed by atoms with Gasteiger partial charge in [-0.15, -0.1) is 0 Å². The summed E-state index contributed by atoms with van der Waals surface area (Å²) < 4.78 is 5.52. The second-order valence-corrected chi connectivity index (χ2v) is 10.9. The molecular formula is C30H39N5O2. The summed E-state index contributed by atoms with van der Waals surface area (Å²) in [5.41, 5.74) is 4.57. The van der Waals surface area contributed by atoms with E-state index in [1.54, 1.807) is 0 Å². The normalized spacial score (nSPS) is 20.1. The number of likely N-dealkylation sites (tertiary alicyclic amines) is 1. The van der Waals surface area contributed by atoms with Crippen LogP contribution in [0.3, 0.4) is 0 Å². The number of hydrogen-bond donors (Lipinski definition) is 1. The van der Waals surface area contributed by atoms with E-state index in [1.165, 1.54) is 24.1 Å². The minimum absolute atomic E-state index is 0.0219. The maximum Gasteiger partial charge on any atom is 0.241 e. The van der Waals surface area contributed by atoms with E-state index in [1.807, 2.05) is 24.3 Å². The van der Waals surface area contributed by atoms with Crippen molar-refractivity contribution in [2.24, 2.45) is 11.8 Å². The smallest absolute Gasteiger partial charge is 0.241 e. The molecule has 7 heteroatoms. The van der Waals surface area contributed by atoms with Gasteiger partial charge in [-0.25, -0.2) is 0 Å². The maximum absolute atomic E-state index is 13.1. The highest BCUT2D eigenvalue weighted by Gasteiger charge is 2.28.